The first-order chi connectivity index (χ1) is 4.08. The first-order valence-electron chi connectivity index (χ1n) is 3.11. The third-order valence-electron chi connectivity index (χ3n) is 1.76. The van der Waals surface area contributed by atoms with Crippen molar-refractivity contribution in [1.82, 2.24) is 0 Å². The second kappa shape index (κ2) is 1.94. The summed E-state index contributed by atoms with van der Waals surface area (Å²) in [5, 5.41) is 8.82. The number of ether oxygens (including phenoxy) is 1. The Morgan fingerprint density at radius 1 is 1.67 bits per heavy atom. The van der Waals surface area contributed by atoms with E-state index in [4.69, 9.17) is 15.6 Å². The number of aliphatic hydroxyl groups is 1. The van der Waals surface area contributed by atoms with Crippen molar-refractivity contribution in [2.24, 2.45) is 11.1 Å². The molecule has 3 N–H and O–H groups in total. The van der Waals surface area contributed by atoms with Gasteiger partial charge in [0.1, 0.15) is 6.10 Å². The molecular formula is C6H13NO2. The Labute approximate surface area is 54.8 Å². The minimum atomic E-state index is -0.566. The molecule has 2 atom stereocenters. The Balaban J connectivity index is 2.41. The molecule has 1 rings (SSSR count). The molecule has 2 unspecified atom stereocenters. The molecule has 1 aliphatic heterocycles. The van der Waals surface area contributed by atoms with Crippen molar-refractivity contribution in [1.29, 1.82) is 0 Å². The largest absolute Gasteiger partial charge is 0.366 e. The molecule has 1 fully saturated rings. The lowest BCUT2D eigenvalue weighted by atomic mass is 9.89. The lowest BCUT2D eigenvalue weighted by Gasteiger charge is -2.18. The highest BCUT2D eigenvalue weighted by molar-refractivity contribution is 4.90. The summed E-state index contributed by atoms with van der Waals surface area (Å²) in [5.74, 6) is 0. The van der Waals surface area contributed by atoms with E-state index in [0.29, 0.717) is 6.54 Å². The second-order valence-electron chi connectivity index (χ2n) is 3.14. The molecule has 0 radical (unpaired) electrons. The molecule has 9 heavy (non-hydrogen) atoms. The molecule has 1 heterocycles. The van der Waals surface area contributed by atoms with E-state index in [0.717, 1.165) is 0 Å². The fraction of sp³-hybridized carbons (Fsp3) is 1.00. The zero-order valence-electron chi connectivity index (χ0n) is 5.79. The number of rotatable bonds is 2. The van der Waals surface area contributed by atoms with E-state index >= 15 is 0 Å². The molecule has 0 bridgehead atoms. The smallest absolute Gasteiger partial charge is 0.182 e. The molecule has 3 nitrogen and oxygen atoms in total. The topological polar surface area (TPSA) is 58.8 Å². The van der Waals surface area contributed by atoms with Crippen LogP contribution in [0.5, 0.6) is 0 Å². The number of hydrogen-bond acceptors (Lipinski definition) is 3. The Kier molecular flexibility index (Phi) is 1.50. The molecule has 1 aliphatic rings. The Morgan fingerprint density at radius 2 is 2.11 bits per heavy atom. The minimum absolute atomic E-state index is 0.0394. The molecule has 0 amide bonds. The first-order valence-corrected chi connectivity index (χ1v) is 3.11. The van der Waals surface area contributed by atoms with Gasteiger partial charge in [0.15, 0.2) is 6.29 Å². The van der Waals surface area contributed by atoms with Crippen LogP contribution in [0.25, 0.3) is 0 Å². The van der Waals surface area contributed by atoms with Gasteiger partial charge in [0.25, 0.3) is 0 Å². The molecule has 0 aliphatic carbocycles. The lowest BCUT2D eigenvalue weighted by molar-refractivity contribution is 0.154. The van der Waals surface area contributed by atoms with Gasteiger partial charge in [-0.1, -0.05) is 13.8 Å². The van der Waals surface area contributed by atoms with Gasteiger partial charge in [0.05, 0.1) is 0 Å². The van der Waals surface area contributed by atoms with Crippen molar-refractivity contribution in [3.05, 3.63) is 0 Å². The highest BCUT2D eigenvalue weighted by atomic mass is 16.7. The number of hydrogen-bond donors (Lipinski definition) is 2. The predicted octanol–water partition coefficient (Wildman–Crippen LogP) is -0.311. The predicted molar refractivity (Wildman–Crippen MR) is 33.7 cm³/mol. The van der Waals surface area contributed by atoms with E-state index in [-0.39, 0.29) is 11.5 Å². The van der Waals surface area contributed by atoms with Crippen molar-refractivity contribution < 1.29 is 9.84 Å². The fourth-order valence-corrected chi connectivity index (χ4v) is 0.791. The SMILES string of the molecule is CC(C)(CN)C1OC1O. The van der Waals surface area contributed by atoms with Crippen molar-refractivity contribution in [3.63, 3.8) is 0 Å². The van der Waals surface area contributed by atoms with Gasteiger partial charge < -0.3 is 15.6 Å². The van der Waals surface area contributed by atoms with Gasteiger partial charge in [-0.05, 0) is 0 Å². The molecule has 0 aromatic rings. The average Bonchev–Trinajstić information content (AvgIpc) is 2.47. The van der Waals surface area contributed by atoms with Crippen molar-refractivity contribution in [2.75, 3.05) is 6.54 Å². The van der Waals surface area contributed by atoms with Gasteiger partial charge in [0, 0.05) is 12.0 Å². The summed E-state index contributed by atoms with van der Waals surface area (Å²) < 4.78 is 4.85. The van der Waals surface area contributed by atoms with Gasteiger partial charge in [-0.15, -0.1) is 0 Å². The van der Waals surface area contributed by atoms with Crippen LogP contribution in [0.2, 0.25) is 0 Å². The third-order valence-corrected chi connectivity index (χ3v) is 1.76. The maximum absolute atomic E-state index is 8.82. The maximum Gasteiger partial charge on any atom is 0.182 e. The maximum atomic E-state index is 8.82. The molecule has 1 saturated heterocycles. The molecular weight excluding hydrogens is 118 g/mol. The van der Waals surface area contributed by atoms with Crippen LogP contribution >= 0.6 is 0 Å². The lowest BCUT2D eigenvalue weighted by Crippen LogP contribution is -2.30. The monoisotopic (exact) mass is 131 g/mol. The minimum Gasteiger partial charge on any atom is -0.366 e. The van der Waals surface area contributed by atoms with Crippen LogP contribution in [0, 0.1) is 5.41 Å². The van der Waals surface area contributed by atoms with Crippen LogP contribution in [0.15, 0.2) is 0 Å². The zero-order chi connectivity index (χ0) is 7.07. The van der Waals surface area contributed by atoms with E-state index in [1.165, 1.54) is 0 Å². The van der Waals surface area contributed by atoms with Crippen molar-refractivity contribution in [3.8, 4) is 0 Å². The molecule has 3 heteroatoms. The summed E-state index contributed by atoms with van der Waals surface area (Å²) in [6.07, 6.45) is -0.606. The van der Waals surface area contributed by atoms with Gasteiger partial charge in [-0.25, -0.2) is 0 Å². The summed E-state index contributed by atoms with van der Waals surface area (Å²) in [4.78, 5) is 0. The van der Waals surface area contributed by atoms with Gasteiger partial charge in [0.2, 0.25) is 0 Å². The molecule has 0 saturated carbocycles. The van der Waals surface area contributed by atoms with Gasteiger partial charge >= 0.3 is 0 Å². The van der Waals surface area contributed by atoms with Crippen molar-refractivity contribution in [2.45, 2.75) is 26.2 Å². The second-order valence-corrected chi connectivity index (χ2v) is 3.14. The molecule has 54 valence electrons. The average molecular weight is 131 g/mol. The van der Waals surface area contributed by atoms with Crippen LogP contribution in [0.1, 0.15) is 13.8 Å². The molecule has 0 aromatic carbocycles. The zero-order valence-corrected chi connectivity index (χ0v) is 5.79. The van der Waals surface area contributed by atoms with Crippen LogP contribution in [0.4, 0.5) is 0 Å². The van der Waals surface area contributed by atoms with E-state index in [9.17, 15) is 0 Å². The number of aliphatic hydroxyl groups excluding tert-OH is 1. The van der Waals surface area contributed by atoms with E-state index in [1.807, 2.05) is 13.8 Å². The highest BCUT2D eigenvalue weighted by Crippen LogP contribution is 2.35. The summed E-state index contributed by atoms with van der Waals surface area (Å²) >= 11 is 0. The Hall–Kier alpha value is -0.120. The quantitative estimate of drug-likeness (QED) is 0.505. The van der Waals surface area contributed by atoms with Crippen LogP contribution < -0.4 is 5.73 Å². The van der Waals surface area contributed by atoms with Crippen LogP contribution in [0.3, 0.4) is 0 Å². The van der Waals surface area contributed by atoms with Crippen LogP contribution in [-0.2, 0) is 4.74 Å². The van der Waals surface area contributed by atoms with E-state index in [2.05, 4.69) is 0 Å². The highest BCUT2D eigenvalue weighted by Gasteiger charge is 2.47. The number of nitrogens with two attached hydrogens (primary N) is 1. The summed E-state index contributed by atoms with van der Waals surface area (Å²) in [6.45, 7) is 4.51. The summed E-state index contributed by atoms with van der Waals surface area (Å²) in [5.41, 5.74) is 5.35. The Bertz CT molecular complexity index is 114. The standard InChI is InChI=1S/C6H13NO2/c1-6(2,3-7)4-5(8)9-4/h4-5,8H,3,7H2,1-2H3. The molecule has 0 spiro atoms. The third kappa shape index (κ3) is 1.23. The van der Waals surface area contributed by atoms with E-state index < -0.39 is 6.29 Å². The van der Waals surface area contributed by atoms with E-state index in [1.54, 1.807) is 0 Å². The summed E-state index contributed by atoms with van der Waals surface area (Å²) in [6, 6.07) is 0. The normalized spacial score (nSPS) is 34.7. The molecule has 0 aromatic heterocycles. The number of epoxide rings is 1. The fourth-order valence-electron chi connectivity index (χ4n) is 0.791. The first kappa shape index (κ1) is 6.99. The van der Waals surface area contributed by atoms with Crippen LogP contribution in [-0.4, -0.2) is 24.0 Å². The Morgan fingerprint density at radius 3 is 2.22 bits per heavy atom. The van der Waals surface area contributed by atoms with Gasteiger partial charge in [-0.2, -0.15) is 0 Å². The van der Waals surface area contributed by atoms with Crippen molar-refractivity contribution >= 4 is 0 Å². The van der Waals surface area contributed by atoms with Gasteiger partial charge in [-0.3, -0.25) is 0 Å². The summed E-state index contributed by atoms with van der Waals surface area (Å²) in [7, 11) is 0.